The zero-order valence-corrected chi connectivity index (χ0v) is 9.85. The molecule has 0 atom stereocenters. The molecular weight excluding hydrogens is 228 g/mol. The quantitative estimate of drug-likeness (QED) is 0.809. The van der Waals surface area contributed by atoms with Crippen LogP contribution in [0.15, 0.2) is 24.4 Å². The summed E-state index contributed by atoms with van der Waals surface area (Å²) in [6.45, 7) is 1.16. The van der Waals surface area contributed by atoms with E-state index in [-0.39, 0.29) is 0 Å². The number of hydrogen-bond acceptors (Lipinski definition) is 4. The van der Waals surface area contributed by atoms with E-state index in [1.165, 1.54) is 0 Å². The van der Waals surface area contributed by atoms with E-state index in [1.54, 1.807) is 6.20 Å². The van der Waals surface area contributed by atoms with E-state index in [0.717, 1.165) is 28.0 Å². The van der Waals surface area contributed by atoms with Gasteiger partial charge >= 0.3 is 0 Å². The van der Waals surface area contributed by atoms with Gasteiger partial charge in [0.1, 0.15) is 13.2 Å². The number of pyridine rings is 1. The first-order chi connectivity index (χ1) is 8.88. The first-order valence-electron chi connectivity index (χ1n) is 5.92. The summed E-state index contributed by atoms with van der Waals surface area (Å²) < 4.78 is 11.1. The molecule has 1 aromatic heterocycles. The molecule has 0 unspecified atom stereocenters. The van der Waals surface area contributed by atoms with Crippen molar-refractivity contribution < 1.29 is 9.47 Å². The second-order valence-electron chi connectivity index (χ2n) is 4.13. The van der Waals surface area contributed by atoms with E-state index >= 15 is 0 Å². The topological polar surface area (TPSA) is 55.1 Å². The number of aryl methyl sites for hydroxylation is 1. The molecular formula is C14H12N2O2. The minimum Gasteiger partial charge on any atom is -0.486 e. The average Bonchev–Trinajstić information content (AvgIpc) is 2.43. The molecule has 4 nitrogen and oxygen atoms in total. The number of benzene rings is 1. The molecule has 90 valence electrons. The molecule has 2 aromatic rings. The lowest BCUT2D eigenvalue weighted by molar-refractivity contribution is 0.172. The Labute approximate surface area is 105 Å². The number of ether oxygens (including phenoxy) is 2. The minimum absolute atomic E-state index is 0.473. The maximum atomic E-state index is 8.67. The second-order valence-corrected chi connectivity index (χ2v) is 4.13. The average molecular weight is 240 g/mol. The molecule has 0 aliphatic carbocycles. The molecule has 2 heterocycles. The standard InChI is InChI=1S/C14H12N2O2/c15-4-1-2-12-11-9-14-13(17-6-7-18-14)8-10(11)3-5-16-12/h3,5,8-9H,1-2,6-7H2. The van der Waals surface area contributed by atoms with Crippen molar-refractivity contribution in [3.8, 4) is 17.6 Å². The molecule has 0 bridgehead atoms. The number of rotatable bonds is 2. The van der Waals surface area contributed by atoms with Crippen molar-refractivity contribution in [3.05, 3.63) is 30.1 Å². The van der Waals surface area contributed by atoms with Crippen molar-refractivity contribution in [1.29, 1.82) is 5.26 Å². The van der Waals surface area contributed by atoms with Crippen LogP contribution in [0.5, 0.6) is 11.5 Å². The molecule has 0 N–H and O–H groups in total. The third kappa shape index (κ3) is 1.84. The van der Waals surface area contributed by atoms with Gasteiger partial charge in [0.05, 0.1) is 6.07 Å². The van der Waals surface area contributed by atoms with Gasteiger partial charge in [-0.25, -0.2) is 0 Å². The second kappa shape index (κ2) is 4.53. The van der Waals surface area contributed by atoms with Gasteiger partial charge in [-0.15, -0.1) is 0 Å². The van der Waals surface area contributed by atoms with E-state index < -0.39 is 0 Å². The summed E-state index contributed by atoms with van der Waals surface area (Å²) in [6, 6.07) is 8.03. The summed E-state index contributed by atoms with van der Waals surface area (Å²) in [7, 11) is 0. The van der Waals surface area contributed by atoms with E-state index in [4.69, 9.17) is 14.7 Å². The van der Waals surface area contributed by atoms with Crippen LogP contribution in [0.2, 0.25) is 0 Å². The normalized spacial score (nSPS) is 13.3. The van der Waals surface area contributed by atoms with Crippen LogP contribution in [-0.4, -0.2) is 18.2 Å². The number of hydrogen-bond donors (Lipinski definition) is 0. The largest absolute Gasteiger partial charge is 0.486 e. The van der Waals surface area contributed by atoms with Crippen LogP contribution in [0.1, 0.15) is 12.1 Å². The van der Waals surface area contributed by atoms with Gasteiger partial charge < -0.3 is 9.47 Å². The lowest BCUT2D eigenvalue weighted by Gasteiger charge is -2.19. The lowest BCUT2D eigenvalue weighted by atomic mass is 10.1. The third-order valence-electron chi connectivity index (χ3n) is 2.98. The Morgan fingerprint density at radius 1 is 1.22 bits per heavy atom. The smallest absolute Gasteiger partial charge is 0.162 e. The summed E-state index contributed by atoms with van der Waals surface area (Å²) in [5.41, 5.74) is 0.936. The maximum absolute atomic E-state index is 8.67. The summed E-state index contributed by atoms with van der Waals surface area (Å²) in [4.78, 5) is 4.35. The van der Waals surface area contributed by atoms with Gasteiger partial charge in [-0.3, -0.25) is 4.98 Å². The highest BCUT2D eigenvalue weighted by molar-refractivity contribution is 5.88. The fourth-order valence-corrected chi connectivity index (χ4v) is 2.14. The van der Waals surface area contributed by atoms with Gasteiger partial charge in [0.25, 0.3) is 0 Å². The predicted octanol–water partition coefficient (Wildman–Crippen LogP) is 2.46. The van der Waals surface area contributed by atoms with Crippen molar-refractivity contribution in [1.82, 2.24) is 4.98 Å². The van der Waals surface area contributed by atoms with Crippen LogP contribution < -0.4 is 9.47 Å². The molecule has 0 spiro atoms. The molecule has 0 amide bonds. The fourth-order valence-electron chi connectivity index (χ4n) is 2.14. The molecule has 0 radical (unpaired) electrons. The van der Waals surface area contributed by atoms with Crippen molar-refractivity contribution in [2.24, 2.45) is 0 Å². The number of nitrogens with zero attached hydrogens (tertiary/aromatic N) is 2. The van der Waals surface area contributed by atoms with Gasteiger partial charge in [-0.05, 0) is 23.6 Å². The fraction of sp³-hybridized carbons (Fsp3) is 0.286. The zero-order valence-electron chi connectivity index (χ0n) is 9.85. The van der Waals surface area contributed by atoms with E-state index in [9.17, 15) is 0 Å². The van der Waals surface area contributed by atoms with E-state index in [1.807, 2.05) is 18.2 Å². The molecule has 1 aliphatic rings. The van der Waals surface area contributed by atoms with Crippen molar-refractivity contribution in [2.75, 3.05) is 13.2 Å². The highest BCUT2D eigenvalue weighted by Crippen LogP contribution is 2.35. The Kier molecular flexibility index (Phi) is 2.73. The Morgan fingerprint density at radius 3 is 2.78 bits per heavy atom. The molecule has 4 heteroatoms. The maximum Gasteiger partial charge on any atom is 0.162 e. The van der Waals surface area contributed by atoms with Gasteiger partial charge in [0.2, 0.25) is 0 Å². The van der Waals surface area contributed by atoms with Crippen molar-refractivity contribution >= 4 is 10.8 Å². The van der Waals surface area contributed by atoms with Crippen LogP contribution in [0, 0.1) is 11.3 Å². The summed E-state index contributed by atoms with van der Waals surface area (Å²) in [6.07, 6.45) is 2.90. The SMILES string of the molecule is N#CCCc1nccc2cc3c(cc12)OCCO3. The molecule has 0 saturated carbocycles. The van der Waals surface area contributed by atoms with Crippen LogP contribution in [0.3, 0.4) is 0 Å². The monoisotopic (exact) mass is 240 g/mol. The highest BCUT2D eigenvalue weighted by Gasteiger charge is 2.14. The minimum atomic E-state index is 0.473. The molecule has 18 heavy (non-hydrogen) atoms. The molecule has 1 aliphatic heterocycles. The zero-order chi connectivity index (χ0) is 12.4. The van der Waals surface area contributed by atoms with Crippen molar-refractivity contribution in [2.45, 2.75) is 12.8 Å². The Hall–Kier alpha value is -2.28. The van der Waals surface area contributed by atoms with Crippen LogP contribution in [0.4, 0.5) is 0 Å². The third-order valence-corrected chi connectivity index (χ3v) is 2.98. The van der Waals surface area contributed by atoms with Gasteiger partial charge in [0, 0.05) is 30.1 Å². The number of nitriles is 1. The van der Waals surface area contributed by atoms with Gasteiger partial charge in [0.15, 0.2) is 11.5 Å². The molecule has 0 fully saturated rings. The lowest BCUT2D eigenvalue weighted by Crippen LogP contribution is -2.15. The molecule has 3 rings (SSSR count). The van der Waals surface area contributed by atoms with Crippen molar-refractivity contribution in [3.63, 3.8) is 0 Å². The van der Waals surface area contributed by atoms with Gasteiger partial charge in [-0.1, -0.05) is 0 Å². The number of aromatic nitrogens is 1. The number of fused-ring (bicyclic) bond motifs is 2. The van der Waals surface area contributed by atoms with E-state index in [0.29, 0.717) is 26.1 Å². The summed E-state index contributed by atoms with van der Waals surface area (Å²) in [5, 5.41) is 10.8. The van der Waals surface area contributed by atoms with E-state index in [2.05, 4.69) is 11.1 Å². The Morgan fingerprint density at radius 2 is 2.00 bits per heavy atom. The predicted molar refractivity (Wildman–Crippen MR) is 66.7 cm³/mol. The van der Waals surface area contributed by atoms with Crippen LogP contribution in [0.25, 0.3) is 10.8 Å². The summed E-state index contributed by atoms with van der Waals surface area (Å²) in [5.74, 6) is 1.55. The summed E-state index contributed by atoms with van der Waals surface area (Å²) >= 11 is 0. The molecule has 0 saturated heterocycles. The first kappa shape index (κ1) is 10.8. The first-order valence-corrected chi connectivity index (χ1v) is 5.92. The highest BCUT2D eigenvalue weighted by atomic mass is 16.6. The van der Waals surface area contributed by atoms with Gasteiger partial charge in [-0.2, -0.15) is 5.26 Å². The molecule has 1 aromatic carbocycles. The van der Waals surface area contributed by atoms with Crippen LogP contribution >= 0.6 is 0 Å². The Balaban J connectivity index is 2.12. The van der Waals surface area contributed by atoms with Crippen LogP contribution in [-0.2, 0) is 6.42 Å². The Bertz CT molecular complexity index is 631.